The van der Waals surface area contributed by atoms with Gasteiger partial charge in [0.25, 0.3) is 0 Å². The fraction of sp³-hybridized carbons (Fsp3) is 0.636. The lowest BCUT2D eigenvalue weighted by atomic mass is 9.84. The Labute approximate surface area is 175 Å². The minimum Gasteiger partial charge on any atom is -0.481 e. The van der Waals surface area contributed by atoms with Crippen LogP contribution < -0.4 is 0 Å². The van der Waals surface area contributed by atoms with E-state index in [4.69, 9.17) is 5.11 Å². The number of unbranched alkanes of at least 4 members (excludes halogenated alkanes) is 3. The Kier molecular flexibility index (Phi) is 8.00. The van der Waals surface area contributed by atoms with Crippen molar-refractivity contribution in [2.45, 2.75) is 76.1 Å². The van der Waals surface area contributed by atoms with Crippen LogP contribution in [0.5, 0.6) is 0 Å². The summed E-state index contributed by atoms with van der Waals surface area (Å²) in [6.45, 7) is 0. The molecule has 5 atom stereocenters. The van der Waals surface area contributed by atoms with Gasteiger partial charge in [0.15, 0.2) is 0 Å². The van der Waals surface area contributed by atoms with Gasteiger partial charge in [0.05, 0.1) is 34.0 Å². The third kappa shape index (κ3) is 5.98. The zero-order chi connectivity index (χ0) is 20.8. The maximum absolute atomic E-state index is 10.6. The maximum atomic E-state index is 10.6. The summed E-state index contributed by atoms with van der Waals surface area (Å²) in [6.07, 6.45) is 4.42. The molecular formula is C22H31NO5S. The van der Waals surface area contributed by atoms with E-state index in [1.165, 1.54) is 0 Å². The number of rotatable bonds is 11. The highest BCUT2D eigenvalue weighted by Crippen LogP contribution is 2.40. The van der Waals surface area contributed by atoms with Gasteiger partial charge in [-0.1, -0.05) is 25.3 Å². The summed E-state index contributed by atoms with van der Waals surface area (Å²) >= 11 is 1.57. The number of carbonyl (C=O) groups is 1. The summed E-state index contributed by atoms with van der Waals surface area (Å²) < 4.78 is 1.10. The molecule has 0 aliphatic heterocycles. The van der Waals surface area contributed by atoms with Gasteiger partial charge in [0.1, 0.15) is 0 Å². The van der Waals surface area contributed by atoms with E-state index in [1.54, 1.807) is 16.8 Å². The van der Waals surface area contributed by atoms with E-state index in [0.29, 0.717) is 25.7 Å². The number of fused-ring (bicyclic) bond motifs is 1. The minimum absolute atomic E-state index is 0.0123. The highest BCUT2D eigenvalue weighted by Gasteiger charge is 2.40. The molecule has 0 bridgehead atoms. The molecule has 6 nitrogen and oxygen atoms in total. The molecule has 0 spiro atoms. The van der Waals surface area contributed by atoms with Gasteiger partial charge in [-0.05, 0) is 61.6 Å². The predicted octanol–water partition coefficient (Wildman–Crippen LogP) is 3.89. The summed E-state index contributed by atoms with van der Waals surface area (Å²) in [5.74, 6) is -0.730. The van der Waals surface area contributed by atoms with Crippen LogP contribution in [0, 0.1) is 11.8 Å². The van der Waals surface area contributed by atoms with E-state index in [2.05, 4.69) is 4.98 Å². The van der Waals surface area contributed by atoms with Crippen molar-refractivity contribution in [1.82, 2.24) is 4.98 Å². The number of carboxylic acid groups (broad SMARTS) is 1. The smallest absolute Gasteiger partial charge is 0.303 e. The van der Waals surface area contributed by atoms with Gasteiger partial charge >= 0.3 is 5.97 Å². The molecule has 1 aromatic carbocycles. The minimum atomic E-state index is -0.758. The standard InChI is InChI=1S/C22H31NO5S/c24-18(14-7-10-21-17(11-14)23-13-29-21)9-8-16-15(19(25)12-20(16)26)5-3-1-2-4-6-22(27)28/h7,10-11,13,15-16,18-20,24-26H,1-6,8-9,12H2,(H,27,28)/t15-,16-,18?,19+,20-/m1/s1. The predicted molar refractivity (Wildman–Crippen MR) is 113 cm³/mol. The lowest BCUT2D eigenvalue weighted by Gasteiger charge is -2.24. The maximum Gasteiger partial charge on any atom is 0.303 e. The van der Waals surface area contributed by atoms with Crippen molar-refractivity contribution in [2.24, 2.45) is 11.8 Å². The molecule has 160 valence electrons. The van der Waals surface area contributed by atoms with Crippen molar-refractivity contribution in [3.05, 3.63) is 29.3 Å². The van der Waals surface area contributed by atoms with E-state index < -0.39 is 24.3 Å². The molecule has 7 heteroatoms. The zero-order valence-electron chi connectivity index (χ0n) is 16.6. The summed E-state index contributed by atoms with van der Waals surface area (Å²) in [4.78, 5) is 14.9. The van der Waals surface area contributed by atoms with Crippen LogP contribution in [0.3, 0.4) is 0 Å². The Morgan fingerprint density at radius 2 is 1.83 bits per heavy atom. The second-order valence-corrected chi connectivity index (χ2v) is 9.10. The Bertz CT molecular complexity index is 794. The molecule has 1 fully saturated rings. The first-order chi connectivity index (χ1) is 14.0. The molecule has 29 heavy (non-hydrogen) atoms. The van der Waals surface area contributed by atoms with E-state index in [9.17, 15) is 20.1 Å². The number of thiazole rings is 1. The van der Waals surface area contributed by atoms with Crippen LogP contribution in [0.1, 0.15) is 69.5 Å². The van der Waals surface area contributed by atoms with E-state index in [-0.39, 0.29) is 18.3 Å². The topological polar surface area (TPSA) is 111 Å². The van der Waals surface area contributed by atoms with E-state index in [1.807, 2.05) is 18.2 Å². The molecule has 1 aliphatic carbocycles. The molecular weight excluding hydrogens is 390 g/mol. The molecule has 0 radical (unpaired) electrons. The lowest BCUT2D eigenvalue weighted by molar-refractivity contribution is -0.137. The van der Waals surface area contributed by atoms with Crippen molar-refractivity contribution in [3.63, 3.8) is 0 Å². The van der Waals surface area contributed by atoms with Crippen LogP contribution in [-0.4, -0.2) is 43.6 Å². The van der Waals surface area contributed by atoms with Crippen molar-refractivity contribution < 1.29 is 25.2 Å². The molecule has 1 aliphatic rings. The molecule has 2 aromatic rings. The third-order valence-corrected chi connectivity index (χ3v) is 7.02. The van der Waals surface area contributed by atoms with Gasteiger partial charge in [-0.2, -0.15) is 0 Å². The number of aliphatic carboxylic acids is 1. The Hall–Kier alpha value is -1.54. The second-order valence-electron chi connectivity index (χ2n) is 8.22. The van der Waals surface area contributed by atoms with Crippen molar-refractivity contribution in [3.8, 4) is 0 Å². The highest BCUT2D eigenvalue weighted by atomic mass is 32.1. The summed E-state index contributed by atoms with van der Waals surface area (Å²) in [5.41, 5.74) is 3.53. The van der Waals surface area contributed by atoms with Crippen LogP contribution in [0.25, 0.3) is 10.2 Å². The number of aliphatic hydroxyl groups excluding tert-OH is 3. The molecule has 1 unspecified atom stereocenters. The molecule has 4 N–H and O–H groups in total. The zero-order valence-corrected chi connectivity index (χ0v) is 17.4. The van der Waals surface area contributed by atoms with Gasteiger partial charge in [0.2, 0.25) is 0 Å². The largest absolute Gasteiger partial charge is 0.481 e. The molecule has 1 saturated carbocycles. The fourth-order valence-electron chi connectivity index (χ4n) is 4.59. The Balaban J connectivity index is 1.48. The average Bonchev–Trinajstić information content (AvgIpc) is 3.25. The van der Waals surface area contributed by atoms with Gasteiger partial charge < -0.3 is 20.4 Å². The van der Waals surface area contributed by atoms with Gasteiger partial charge in [-0.3, -0.25) is 4.79 Å². The number of benzene rings is 1. The average molecular weight is 422 g/mol. The molecule has 1 aromatic heterocycles. The number of carboxylic acids is 1. The monoisotopic (exact) mass is 421 g/mol. The first-order valence-electron chi connectivity index (χ1n) is 10.5. The molecule has 1 heterocycles. The van der Waals surface area contributed by atoms with Gasteiger partial charge in [0, 0.05) is 6.42 Å². The van der Waals surface area contributed by atoms with Crippen molar-refractivity contribution in [2.75, 3.05) is 0 Å². The fourth-order valence-corrected chi connectivity index (χ4v) is 5.25. The third-order valence-electron chi connectivity index (χ3n) is 6.21. The van der Waals surface area contributed by atoms with Crippen LogP contribution in [0.4, 0.5) is 0 Å². The van der Waals surface area contributed by atoms with Crippen LogP contribution in [0.15, 0.2) is 23.7 Å². The lowest BCUT2D eigenvalue weighted by Crippen LogP contribution is -2.23. The summed E-state index contributed by atoms with van der Waals surface area (Å²) in [7, 11) is 0. The number of hydrogen-bond donors (Lipinski definition) is 4. The quantitative estimate of drug-likeness (QED) is 0.410. The number of hydrogen-bond acceptors (Lipinski definition) is 6. The molecule has 0 saturated heterocycles. The van der Waals surface area contributed by atoms with Crippen LogP contribution >= 0.6 is 11.3 Å². The Morgan fingerprint density at radius 3 is 2.59 bits per heavy atom. The normalized spacial score (nSPS) is 25.5. The van der Waals surface area contributed by atoms with Gasteiger partial charge in [-0.25, -0.2) is 4.98 Å². The molecule has 0 amide bonds. The van der Waals surface area contributed by atoms with Crippen LogP contribution in [-0.2, 0) is 4.79 Å². The molecule has 3 rings (SSSR count). The van der Waals surface area contributed by atoms with E-state index in [0.717, 1.165) is 41.5 Å². The second kappa shape index (κ2) is 10.5. The first kappa shape index (κ1) is 22.2. The van der Waals surface area contributed by atoms with Crippen molar-refractivity contribution >= 4 is 27.5 Å². The first-order valence-corrected chi connectivity index (χ1v) is 11.4. The highest BCUT2D eigenvalue weighted by molar-refractivity contribution is 7.16. The summed E-state index contributed by atoms with van der Waals surface area (Å²) in [5, 5.41) is 40.1. The number of aromatic nitrogens is 1. The SMILES string of the molecule is O=C(O)CCCCCC[C@@H]1[C@@H](CCC(O)c2ccc3scnc3c2)[C@H](O)C[C@@H]1O. The number of nitrogens with zero attached hydrogens (tertiary/aromatic N) is 1. The Morgan fingerprint density at radius 1 is 1.10 bits per heavy atom. The number of aliphatic hydroxyl groups is 3. The van der Waals surface area contributed by atoms with Crippen LogP contribution in [0.2, 0.25) is 0 Å². The van der Waals surface area contributed by atoms with E-state index >= 15 is 0 Å². The van der Waals surface area contributed by atoms with Crippen molar-refractivity contribution in [1.29, 1.82) is 0 Å². The summed E-state index contributed by atoms with van der Waals surface area (Å²) in [6, 6.07) is 5.83. The van der Waals surface area contributed by atoms with Gasteiger partial charge in [-0.15, -0.1) is 11.3 Å².